The lowest BCUT2D eigenvalue weighted by Crippen LogP contribution is -2.10. The fraction of sp³-hybridized carbons (Fsp3) is 0.538. The molecular formula is C13H19BrO. The van der Waals surface area contributed by atoms with Crippen molar-refractivity contribution in [2.75, 3.05) is 0 Å². The quantitative estimate of drug-likeness (QED) is 0.777. The Labute approximate surface area is 101 Å². The lowest BCUT2D eigenvalue weighted by atomic mass is 10.0. The molecule has 0 bridgehead atoms. The summed E-state index contributed by atoms with van der Waals surface area (Å²) >= 11 is 3.50. The van der Waals surface area contributed by atoms with Crippen molar-refractivity contribution in [2.24, 2.45) is 0 Å². The average Bonchev–Trinajstić information content (AvgIpc) is 2.22. The van der Waals surface area contributed by atoms with Crippen LogP contribution in [0.4, 0.5) is 0 Å². The van der Waals surface area contributed by atoms with Crippen LogP contribution in [0.2, 0.25) is 0 Å². The second-order valence-electron chi connectivity index (χ2n) is 3.95. The van der Waals surface area contributed by atoms with E-state index in [-0.39, 0.29) is 6.10 Å². The van der Waals surface area contributed by atoms with Crippen molar-refractivity contribution in [3.63, 3.8) is 0 Å². The van der Waals surface area contributed by atoms with Gasteiger partial charge in [0, 0.05) is 4.47 Å². The summed E-state index contributed by atoms with van der Waals surface area (Å²) in [4.78, 5) is 0. The van der Waals surface area contributed by atoms with Gasteiger partial charge in [0.1, 0.15) is 0 Å². The zero-order valence-corrected chi connectivity index (χ0v) is 10.8. The van der Waals surface area contributed by atoms with Crippen LogP contribution in [0, 0.1) is 0 Å². The lowest BCUT2D eigenvalue weighted by molar-refractivity contribution is 0.161. The Kier molecular flexibility index (Phi) is 5.96. The molecule has 0 saturated heterocycles. The zero-order valence-electron chi connectivity index (χ0n) is 9.25. The summed E-state index contributed by atoms with van der Waals surface area (Å²) in [6.07, 6.45) is 5.02. The summed E-state index contributed by atoms with van der Waals surface area (Å²) in [6.45, 7) is 2.18. The highest BCUT2D eigenvalue weighted by Gasteiger charge is 2.07. The Balaban J connectivity index is 2.37. The second kappa shape index (κ2) is 7.02. The first-order chi connectivity index (χ1) is 7.24. The SMILES string of the molecule is CCCCCC(O)Cc1ccccc1Br. The maximum atomic E-state index is 9.83. The molecule has 1 atom stereocenters. The van der Waals surface area contributed by atoms with Gasteiger partial charge in [-0.25, -0.2) is 0 Å². The minimum atomic E-state index is -0.199. The van der Waals surface area contributed by atoms with E-state index in [1.807, 2.05) is 18.2 Å². The molecule has 0 aliphatic carbocycles. The van der Waals surface area contributed by atoms with Gasteiger partial charge in [0.2, 0.25) is 0 Å². The van der Waals surface area contributed by atoms with Gasteiger partial charge in [-0.1, -0.05) is 60.3 Å². The van der Waals surface area contributed by atoms with Crippen LogP contribution in [-0.4, -0.2) is 11.2 Å². The van der Waals surface area contributed by atoms with E-state index in [2.05, 4.69) is 28.9 Å². The number of halogens is 1. The number of hydrogen-bond acceptors (Lipinski definition) is 1. The van der Waals surface area contributed by atoms with E-state index in [0.29, 0.717) is 0 Å². The molecule has 0 heterocycles. The number of hydrogen-bond donors (Lipinski definition) is 1. The summed E-state index contributed by atoms with van der Waals surface area (Å²) in [7, 11) is 0. The summed E-state index contributed by atoms with van der Waals surface area (Å²) in [5.41, 5.74) is 1.20. The van der Waals surface area contributed by atoms with Gasteiger partial charge in [0.25, 0.3) is 0 Å². The van der Waals surface area contributed by atoms with Crippen LogP contribution in [0.5, 0.6) is 0 Å². The summed E-state index contributed by atoms with van der Waals surface area (Å²) in [5.74, 6) is 0. The predicted molar refractivity (Wildman–Crippen MR) is 68.0 cm³/mol. The molecule has 15 heavy (non-hydrogen) atoms. The van der Waals surface area contributed by atoms with E-state index < -0.39 is 0 Å². The minimum Gasteiger partial charge on any atom is -0.393 e. The largest absolute Gasteiger partial charge is 0.393 e. The van der Waals surface area contributed by atoms with Crippen LogP contribution in [-0.2, 0) is 6.42 Å². The van der Waals surface area contributed by atoms with Crippen LogP contribution >= 0.6 is 15.9 Å². The molecule has 2 heteroatoms. The normalized spacial score (nSPS) is 12.7. The molecule has 1 nitrogen and oxygen atoms in total. The van der Waals surface area contributed by atoms with Gasteiger partial charge >= 0.3 is 0 Å². The standard InChI is InChI=1S/C13H19BrO/c1-2-3-4-8-12(15)10-11-7-5-6-9-13(11)14/h5-7,9,12,15H,2-4,8,10H2,1H3. The average molecular weight is 271 g/mol. The van der Waals surface area contributed by atoms with E-state index >= 15 is 0 Å². The molecule has 0 radical (unpaired) electrons. The molecule has 1 N–H and O–H groups in total. The zero-order chi connectivity index (χ0) is 11.1. The maximum Gasteiger partial charge on any atom is 0.0581 e. The first kappa shape index (κ1) is 12.7. The third-order valence-electron chi connectivity index (χ3n) is 2.55. The van der Waals surface area contributed by atoms with Crippen LogP contribution in [0.15, 0.2) is 28.7 Å². The lowest BCUT2D eigenvalue weighted by Gasteiger charge is -2.11. The van der Waals surface area contributed by atoms with Crippen LogP contribution < -0.4 is 0 Å². The van der Waals surface area contributed by atoms with E-state index in [1.54, 1.807) is 0 Å². The fourth-order valence-electron chi connectivity index (χ4n) is 1.65. The third kappa shape index (κ3) is 4.80. The van der Waals surface area contributed by atoms with E-state index in [0.717, 1.165) is 23.7 Å². The molecule has 0 aromatic heterocycles. The van der Waals surface area contributed by atoms with Crippen molar-refractivity contribution in [3.8, 4) is 0 Å². The number of aliphatic hydroxyl groups excluding tert-OH is 1. The molecule has 1 rings (SSSR count). The van der Waals surface area contributed by atoms with E-state index in [4.69, 9.17) is 0 Å². The van der Waals surface area contributed by atoms with Gasteiger partial charge in [-0.2, -0.15) is 0 Å². The Morgan fingerprint density at radius 3 is 2.67 bits per heavy atom. The van der Waals surface area contributed by atoms with Crippen molar-refractivity contribution < 1.29 is 5.11 Å². The van der Waals surface area contributed by atoms with Gasteiger partial charge in [-0.05, 0) is 24.5 Å². The predicted octanol–water partition coefficient (Wildman–Crippen LogP) is 3.93. The molecule has 0 saturated carbocycles. The molecule has 1 unspecified atom stereocenters. The number of unbranched alkanes of at least 4 members (excludes halogenated alkanes) is 2. The third-order valence-corrected chi connectivity index (χ3v) is 3.33. The molecule has 84 valence electrons. The number of rotatable bonds is 6. The van der Waals surface area contributed by atoms with Crippen LogP contribution in [0.1, 0.15) is 38.2 Å². The first-order valence-corrected chi connectivity index (χ1v) is 6.44. The molecule has 0 fully saturated rings. The highest BCUT2D eigenvalue weighted by molar-refractivity contribution is 9.10. The first-order valence-electron chi connectivity index (χ1n) is 5.65. The highest BCUT2D eigenvalue weighted by Crippen LogP contribution is 2.19. The van der Waals surface area contributed by atoms with E-state index in [1.165, 1.54) is 18.4 Å². The Bertz CT molecular complexity index is 286. The van der Waals surface area contributed by atoms with Gasteiger partial charge in [0.15, 0.2) is 0 Å². The summed E-state index contributed by atoms with van der Waals surface area (Å²) in [5, 5.41) is 9.83. The summed E-state index contributed by atoms with van der Waals surface area (Å²) < 4.78 is 1.10. The molecule has 0 aliphatic rings. The summed E-state index contributed by atoms with van der Waals surface area (Å²) in [6, 6.07) is 8.09. The van der Waals surface area contributed by atoms with Crippen molar-refractivity contribution >= 4 is 15.9 Å². The monoisotopic (exact) mass is 270 g/mol. The van der Waals surface area contributed by atoms with Crippen molar-refractivity contribution in [1.82, 2.24) is 0 Å². The molecular weight excluding hydrogens is 252 g/mol. The smallest absolute Gasteiger partial charge is 0.0581 e. The van der Waals surface area contributed by atoms with Crippen molar-refractivity contribution in [2.45, 2.75) is 45.1 Å². The van der Waals surface area contributed by atoms with E-state index in [9.17, 15) is 5.11 Å². The Hall–Kier alpha value is -0.340. The molecule has 0 aliphatic heterocycles. The minimum absolute atomic E-state index is 0.199. The Morgan fingerprint density at radius 2 is 2.00 bits per heavy atom. The number of benzene rings is 1. The molecule has 1 aromatic rings. The van der Waals surface area contributed by atoms with Crippen molar-refractivity contribution in [1.29, 1.82) is 0 Å². The van der Waals surface area contributed by atoms with Gasteiger partial charge in [0.05, 0.1) is 6.10 Å². The molecule has 0 spiro atoms. The van der Waals surface area contributed by atoms with Crippen LogP contribution in [0.3, 0.4) is 0 Å². The maximum absolute atomic E-state index is 9.83. The molecule has 0 amide bonds. The Morgan fingerprint density at radius 1 is 1.27 bits per heavy atom. The topological polar surface area (TPSA) is 20.2 Å². The van der Waals surface area contributed by atoms with Gasteiger partial charge in [-0.15, -0.1) is 0 Å². The highest BCUT2D eigenvalue weighted by atomic mass is 79.9. The molecule has 1 aromatic carbocycles. The van der Waals surface area contributed by atoms with Crippen LogP contribution in [0.25, 0.3) is 0 Å². The number of aliphatic hydroxyl groups is 1. The van der Waals surface area contributed by atoms with Crippen molar-refractivity contribution in [3.05, 3.63) is 34.3 Å². The van der Waals surface area contributed by atoms with Gasteiger partial charge < -0.3 is 5.11 Å². The fourth-order valence-corrected chi connectivity index (χ4v) is 2.10. The second-order valence-corrected chi connectivity index (χ2v) is 4.80. The van der Waals surface area contributed by atoms with Gasteiger partial charge in [-0.3, -0.25) is 0 Å².